The van der Waals surface area contributed by atoms with Crippen LogP contribution in [0, 0.1) is 0 Å². The number of rotatable bonds is 3. The Kier molecular flexibility index (Phi) is 7.91. The average molecular weight is 283 g/mol. The molecule has 1 fully saturated rings. The van der Waals surface area contributed by atoms with Crippen LogP contribution in [0.3, 0.4) is 0 Å². The summed E-state index contributed by atoms with van der Waals surface area (Å²) < 4.78 is 0. The Morgan fingerprint density at radius 3 is 1.95 bits per heavy atom. The number of aliphatic imine (C=N–C) groups is 1. The van der Waals surface area contributed by atoms with Crippen LogP contribution in [0.4, 0.5) is 0 Å². The fourth-order valence-corrected chi connectivity index (χ4v) is 3.00. The fourth-order valence-electron chi connectivity index (χ4n) is 3.00. The largest absolute Gasteiger partial charge is 0.290 e. The zero-order valence-electron chi connectivity index (χ0n) is 13.2. The van der Waals surface area contributed by atoms with Crippen LogP contribution in [0.2, 0.25) is 0 Å². The third-order valence-corrected chi connectivity index (χ3v) is 4.30. The van der Waals surface area contributed by atoms with Gasteiger partial charge in [-0.1, -0.05) is 87.8 Å². The van der Waals surface area contributed by atoms with Crippen molar-refractivity contribution in [3.8, 4) is 0 Å². The summed E-state index contributed by atoms with van der Waals surface area (Å²) in [5.74, 6) is 0. The Morgan fingerprint density at radius 1 is 0.762 bits per heavy atom. The van der Waals surface area contributed by atoms with Gasteiger partial charge in [0.05, 0.1) is 0 Å². The summed E-state index contributed by atoms with van der Waals surface area (Å²) in [4.78, 5) is 4.79. The van der Waals surface area contributed by atoms with Gasteiger partial charge in [0.25, 0.3) is 0 Å². The molecule has 2 rings (SSSR count). The normalized spacial score (nSPS) is 19.8. The predicted octanol–water partition coefficient (Wildman–Crippen LogP) is 6.05. The topological polar surface area (TPSA) is 12.4 Å². The van der Waals surface area contributed by atoms with Crippen LogP contribution in [0.1, 0.15) is 69.8 Å². The maximum atomic E-state index is 4.79. The van der Waals surface area contributed by atoms with Gasteiger partial charge in [-0.15, -0.1) is 0 Å². The lowest BCUT2D eigenvalue weighted by atomic mass is 10.0. The zero-order chi connectivity index (χ0) is 14.6. The van der Waals surface area contributed by atoms with E-state index in [-0.39, 0.29) is 0 Å². The van der Waals surface area contributed by atoms with E-state index in [1.54, 1.807) is 0 Å². The van der Waals surface area contributed by atoms with E-state index >= 15 is 0 Å². The molecule has 0 atom stereocenters. The van der Waals surface area contributed by atoms with Crippen molar-refractivity contribution in [1.29, 1.82) is 0 Å². The van der Waals surface area contributed by atoms with Gasteiger partial charge in [-0.25, -0.2) is 0 Å². The van der Waals surface area contributed by atoms with E-state index in [0.29, 0.717) is 6.04 Å². The Hall–Kier alpha value is -1.37. The van der Waals surface area contributed by atoms with Crippen molar-refractivity contribution >= 4 is 12.3 Å². The van der Waals surface area contributed by atoms with E-state index in [1.807, 2.05) is 12.3 Å². The zero-order valence-corrected chi connectivity index (χ0v) is 13.2. The van der Waals surface area contributed by atoms with Crippen molar-refractivity contribution in [1.82, 2.24) is 0 Å². The van der Waals surface area contributed by atoms with Gasteiger partial charge in [0, 0.05) is 12.3 Å². The smallest absolute Gasteiger partial charge is 0.0499 e. The molecule has 1 aromatic carbocycles. The number of hydrogen-bond donors (Lipinski definition) is 0. The number of allylic oxidation sites excluding steroid dienone is 1. The van der Waals surface area contributed by atoms with Crippen LogP contribution in [0.5, 0.6) is 0 Å². The second-order valence-electron chi connectivity index (χ2n) is 6.13. The van der Waals surface area contributed by atoms with Crippen molar-refractivity contribution in [2.75, 3.05) is 0 Å². The molecule has 0 radical (unpaired) electrons. The summed E-state index contributed by atoms with van der Waals surface area (Å²) >= 11 is 0. The first kappa shape index (κ1) is 16.0. The van der Waals surface area contributed by atoms with Crippen molar-refractivity contribution < 1.29 is 0 Å². The maximum absolute atomic E-state index is 4.79. The van der Waals surface area contributed by atoms with E-state index in [1.165, 1.54) is 69.8 Å². The van der Waals surface area contributed by atoms with E-state index in [9.17, 15) is 0 Å². The molecule has 1 aromatic rings. The van der Waals surface area contributed by atoms with Gasteiger partial charge in [-0.05, 0) is 24.5 Å². The minimum absolute atomic E-state index is 0.545. The monoisotopic (exact) mass is 283 g/mol. The molecule has 114 valence electrons. The van der Waals surface area contributed by atoms with Gasteiger partial charge in [-0.2, -0.15) is 0 Å². The second-order valence-corrected chi connectivity index (χ2v) is 6.13. The third kappa shape index (κ3) is 7.27. The number of nitrogens with zero attached hydrogens (tertiary/aromatic N) is 1. The molecule has 0 amide bonds. The molecule has 1 nitrogen and oxygen atoms in total. The van der Waals surface area contributed by atoms with Crippen molar-refractivity contribution in [3.05, 3.63) is 42.0 Å². The molecule has 1 aliphatic rings. The Balaban J connectivity index is 1.80. The van der Waals surface area contributed by atoms with Gasteiger partial charge in [-0.3, -0.25) is 4.99 Å². The predicted molar refractivity (Wildman–Crippen MR) is 93.9 cm³/mol. The molecule has 0 spiro atoms. The first-order chi connectivity index (χ1) is 10.4. The highest BCUT2D eigenvalue weighted by Gasteiger charge is 2.06. The van der Waals surface area contributed by atoms with Crippen LogP contribution >= 0.6 is 0 Å². The quantitative estimate of drug-likeness (QED) is 0.598. The molecule has 0 N–H and O–H groups in total. The molecule has 1 heteroatoms. The Bertz CT molecular complexity index is 407. The SMILES string of the molecule is C(/C=C/c1ccccc1)=NC1CCCCCCCCCC1. The van der Waals surface area contributed by atoms with Crippen LogP contribution in [-0.4, -0.2) is 12.3 Å². The molecular weight excluding hydrogens is 254 g/mol. The highest BCUT2D eigenvalue weighted by atomic mass is 14.8. The Morgan fingerprint density at radius 2 is 1.33 bits per heavy atom. The molecular formula is C20H29N. The summed E-state index contributed by atoms with van der Waals surface area (Å²) in [6, 6.07) is 11.0. The summed E-state index contributed by atoms with van der Waals surface area (Å²) in [6.07, 6.45) is 20.0. The lowest BCUT2D eigenvalue weighted by Gasteiger charge is -2.10. The third-order valence-electron chi connectivity index (χ3n) is 4.30. The maximum Gasteiger partial charge on any atom is 0.0499 e. The summed E-state index contributed by atoms with van der Waals surface area (Å²) in [5, 5.41) is 0. The van der Waals surface area contributed by atoms with Crippen molar-refractivity contribution in [2.24, 2.45) is 4.99 Å². The van der Waals surface area contributed by atoms with Gasteiger partial charge >= 0.3 is 0 Å². The van der Waals surface area contributed by atoms with Crippen LogP contribution in [0.25, 0.3) is 6.08 Å². The fraction of sp³-hybridized carbons (Fsp3) is 0.550. The Labute approximate surface area is 130 Å². The molecule has 0 aromatic heterocycles. The van der Waals surface area contributed by atoms with Gasteiger partial charge in [0.15, 0.2) is 0 Å². The molecule has 0 aliphatic heterocycles. The summed E-state index contributed by atoms with van der Waals surface area (Å²) in [5.41, 5.74) is 1.24. The first-order valence-corrected chi connectivity index (χ1v) is 8.70. The lowest BCUT2D eigenvalue weighted by molar-refractivity contribution is 0.513. The highest BCUT2D eigenvalue weighted by Crippen LogP contribution is 2.18. The van der Waals surface area contributed by atoms with E-state index in [4.69, 9.17) is 4.99 Å². The van der Waals surface area contributed by atoms with Crippen LogP contribution < -0.4 is 0 Å². The van der Waals surface area contributed by atoms with Gasteiger partial charge in [0.1, 0.15) is 0 Å². The van der Waals surface area contributed by atoms with Crippen molar-refractivity contribution in [3.63, 3.8) is 0 Å². The van der Waals surface area contributed by atoms with Gasteiger partial charge in [0.2, 0.25) is 0 Å². The number of hydrogen-bond acceptors (Lipinski definition) is 1. The van der Waals surface area contributed by atoms with Gasteiger partial charge < -0.3 is 0 Å². The van der Waals surface area contributed by atoms with E-state index in [0.717, 1.165) is 0 Å². The molecule has 0 bridgehead atoms. The second kappa shape index (κ2) is 10.4. The van der Waals surface area contributed by atoms with E-state index in [2.05, 4.69) is 36.4 Å². The number of benzene rings is 1. The standard InChI is InChI=1S/C20H29N/c1-2-4-6-11-17-20(16-10-5-3-1)21-18-12-15-19-13-8-7-9-14-19/h7-9,12-15,18,20H,1-6,10-11,16-17H2/b15-12+,21-18?. The van der Waals surface area contributed by atoms with Crippen LogP contribution in [-0.2, 0) is 0 Å². The van der Waals surface area contributed by atoms with E-state index < -0.39 is 0 Å². The minimum atomic E-state index is 0.545. The molecule has 1 saturated carbocycles. The average Bonchev–Trinajstić information content (AvgIpc) is 2.58. The van der Waals surface area contributed by atoms with Crippen LogP contribution in [0.15, 0.2) is 41.4 Å². The molecule has 0 heterocycles. The molecule has 1 aliphatic carbocycles. The summed E-state index contributed by atoms with van der Waals surface area (Å²) in [6.45, 7) is 0. The molecule has 0 saturated heterocycles. The molecule has 21 heavy (non-hydrogen) atoms. The van der Waals surface area contributed by atoms with Crippen molar-refractivity contribution in [2.45, 2.75) is 70.3 Å². The minimum Gasteiger partial charge on any atom is -0.290 e. The summed E-state index contributed by atoms with van der Waals surface area (Å²) in [7, 11) is 0. The highest BCUT2D eigenvalue weighted by molar-refractivity contribution is 5.78. The first-order valence-electron chi connectivity index (χ1n) is 8.70. The lowest BCUT2D eigenvalue weighted by Crippen LogP contribution is -2.04. The molecule has 0 unspecified atom stereocenters.